The summed E-state index contributed by atoms with van der Waals surface area (Å²) >= 11 is 1.62. The molecule has 0 saturated heterocycles. The average molecular weight is 233 g/mol. The van der Waals surface area contributed by atoms with Crippen molar-refractivity contribution in [2.24, 2.45) is 5.73 Å². The molecule has 0 spiro atoms. The summed E-state index contributed by atoms with van der Waals surface area (Å²) in [6.45, 7) is 2.68. The summed E-state index contributed by atoms with van der Waals surface area (Å²) in [4.78, 5) is 4.35. The Morgan fingerprint density at radius 2 is 2.06 bits per heavy atom. The van der Waals surface area contributed by atoms with Gasteiger partial charge >= 0.3 is 0 Å². The van der Waals surface area contributed by atoms with E-state index in [1.54, 1.807) is 11.3 Å². The lowest BCUT2D eigenvalue weighted by Gasteiger charge is -2.03. The third-order valence-electron chi connectivity index (χ3n) is 2.26. The summed E-state index contributed by atoms with van der Waals surface area (Å²) in [5.41, 5.74) is 8.88. The van der Waals surface area contributed by atoms with Crippen LogP contribution in [-0.4, -0.2) is 11.5 Å². The second-order valence-electron chi connectivity index (χ2n) is 3.65. The SMILES string of the molecule is Cc1csc(Nc2ccc(CCN)cc2)n1. The number of hydrogen-bond donors (Lipinski definition) is 2. The standard InChI is InChI=1S/C12H15N3S/c1-9-8-16-12(14-9)15-11-4-2-10(3-5-11)6-7-13/h2-5,8H,6-7,13H2,1H3,(H,14,15). The number of nitrogens with zero attached hydrogens (tertiary/aromatic N) is 1. The molecular weight excluding hydrogens is 218 g/mol. The van der Waals surface area contributed by atoms with Gasteiger partial charge in [-0.25, -0.2) is 4.98 Å². The monoisotopic (exact) mass is 233 g/mol. The molecule has 0 amide bonds. The summed E-state index contributed by atoms with van der Waals surface area (Å²) < 4.78 is 0. The van der Waals surface area contributed by atoms with Gasteiger partial charge in [0.25, 0.3) is 0 Å². The fourth-order valence-corrected chi connectivity index (χ4v) is 2.16. The van der Waals surface area contributed by atoms with Gasteiger partial charge in [-0.15, -0.1) is 11.3 Å². The van der Waals surface area contributed by atoms with Gasteiger partial charge in [0, 0.05) is 11.1 Å². The number of thiazole rings is 1. The highest BCUT2D eigenvalue weighted by atomic mass is 32.1. The van der Waals surface area contributed by atoms with E-state index < -0.39 is 0 Å². The second kappa shape index (κ2) is 5.09. The lowest BCUT2D eigenvalue weighted by molar-refractivity contribution is 0.969. The zero-order valence-electron chi connectivity index (χ0n) is 9.23. The minimum absolute atomic E-state index is 0.693. The summed E-state index contributed by atoms with van der Waals surface area (Å²) in [7, 11) is 0. The zero-order valence-corrected chi connectivity index (χ0v) is 10.1. The van der Waals surface area contributed by atoms with Crippen LogP contribution in [0.15, 0.2) is 29.6 Å². The first-order chi connectivity index (χ1) is 7.78. The lowest BCUT2D eigenvalue weighted by Crippen LogP contribution is -2.02. The molecule has 0 saturated carbocycles. The molecule has 3 nitrogen and oxygen atoms in total. The summed E-state index contributed by atoms with van der Waals surface area (Å²) in [5.74, 6) is 0. The maximum absolute atomic E-state index is 5.50. The molecule has 0 fully saturated rings. The van der Waals surface area contributed by atoms with E-state index in [1.807, 2.05) is 12.3 Å². The van der Waals surface area contributed by atoms with Crippen molar-refractivity contribution in [3.63, 3.8) is 0 Å². The normalized spacial score (nSPS) is 10.4. The molecule has 0 bridgehead atoms. The largest absolute Gasteiger partial charge is 0.332 e. The predicted molar refractivity (Wildman–Crippen MR) is 69.3 cm³/mol. The van der Waals surface area contributed by atoms with E-state index in [4.69, 9.17) is 5.73 Å². The maximum Gasteiger partial charge on any atom is 0.187 e. The predicted octanol–water partition coefficient (Wildman–Crippen LogP) is 2.70. The molecule has 84 valence electrons. The zero-order chi connectivity index (χ0) is 11.4. The van der Waals surface area contributed by atoms with Gasteiger partial charge in [0.05, 0.1) is 5.69 Å². The van der Waals surface area contributed by atoms with Crippen molar-refractivity contribution < 1.29 is 0 Å². The first-order valence-corrected chi connectivity index (χ1v) is 6.14. The molecule has 0 atom stereocenters. The van der Waals surface area contributed by atoms with Gasteiger partial charge < -0.3 is 11.1 Å². The van der Waals surface area contributed by atoms with E-state index in [2.05, 4.69) is 34.6 Å². The van der Waals surface area contributed by atoms with Gasteiger partial charge in [-0.05, 0) is 37.6 Å². The van der Waals surface area contributed by atoms with E-state index in [0.29, 0.717) is 6.54 Å². The number of aromatic nitrogens is 1. The van der Waals surface area contributed by atoms with Gasteiger partial charge in [0.1, 0.15) is 0 Å². The van der Waals surface area contributed by atoms with Crippen LogP contribution < -0.4 is 11.1 Å². The molecule has 16 heavy (non-hydrogen) atoms. The summed E-state index contributed by atoms with van der Waals surface area (Å²) in [6.07, 6.45) is 0.927. The fourth-order valence-electron chi connectivity index (χ4n) is 1.46. The molecule has 3 N–H and O–H groups in total. The molecule has 2 aromatic rings. The maximum atomic E-state index is 5.50. The number of hydrogen-bond acceptors (Lipinski definition) is 4. The third kappa shape index (κ3) is 2.81. The summed E-state index contributed by atoms with van der Waals surface area (Å²) in [6, 6.07) is 8.30. The molecule has 0 aliphatic carbocycles. The van der Waals surface area contributed by atoms with Gasteiger partial charge in [0.15, 0.2) is 5.13 Å². The van der Waals surface area contributed by atoms with Crippen LogP contribution in [0.3, 0.4) is 0 Å². The van der Waals surface area contributed by atoms with E-state index >= 15 is 0 Å². The van der Waals surface area contributed by atoms with E-state index in [9.17, 15) is 0 Å². The first kappa shape index (κ1) is 11.1. The highest BCUT2D eigenvalue weighted by Gasteiger charge is 1.99. The van der Waals surface area contributed by atoms with Gasteiger partial charge in [0.2, 0.25) is 0 Å². The van der Waals surface area contributed by atoms with Crippen molar-refractivity contribution in [1.82, 2.24) is 4.98 Å². The van der Waals surface area contributed by atoms with Crippen molar-refractivity contribution >= 4 is 22.2 Å². The molecule has 0 aliphatic rings. The van der Waals surface area contributed by atoms with Crippen LogP contribution in [0.2, 0.25) is 0 Å². The minimum Gasteiger partial charge on any atom is -0.332 e. The fraction of sp³-hybridized carbons (Fsp3) is 0.250. The highest BCUT2D eigenvalue weighted by molar-refractivity contribution is 7.13. The summed E-state index contributed by atoms with van der Waals surface area (Å²) in [5, 5.41) is 6.24. The van der Waals surface area contributed by atoms with Crippen LogP contribution >= 0.6 is 11.3 Å². The van der Waals surface area contributed by atoms with Crippen LogP contribution in [0.4, 0.5) is 10.8 Å². The lowest BCUT2D eigenvalue weighted by atomic mass is 10.1. The van der Waals surface area contributed by atoms with Crippen molar-refractivity contribution in [2.75, 3.05) is 11.9 Å². The van der Waals surface area contributed by atoms with Gasteiger partial charge in [-0.2, -0.15) is 0 Å². The molecule has 0 aliphatic heterocycles. The highest BCUT2D eigenvalue weighted by Crippen LogP contribution is 2.20. The Bertz CT molecular complexity index is 448. The quantitative estimate of drug-likeness (QED) is 0.853. The molecular formula is C12H15N3S. The second-order valence-corrected chi connectivity index (χ2v) is 4.51. The smallest absolute Gasteiger partial charge is 0.187 e. The Kier molecular flexibility index (Phi) is 3.54. The minimum atomic E-state index is 0.693. The molecule has 4 heteroatoms. The van der Waals surface area contributed by atoms with Crippen molar-refractivity contribution in [3.8, 4) is 0 Å². The van der Waals surface area contributed by atoms with Crippen molar-refractivity contribution in [2.45, 2.75) is 13.3 Å². The van der Waals surface area contributed by atoms with Crippen molar-refractivity contribution in [3.05, 3.63) is 40.9 Å². The van der Waals surface area contributed by atoms with Crippen molar-refractivity contribution in [1.29, 1.82) is 0 Å². The Morgan fingerprint density at radius 3 is 2.62 bits per heavy atom. The first-order valence-electron chi connectivity index (χ1n) is 5.26. The third-order valence-corrected chi connectivity index (χ3v) is 3.13. The Morgan fingerprint density at radius 1 is 1.31 bits per heavy atom. The molecule has 0 radical (unpaired) electrons. The topological polar surface area (TPSA) is 50.9 Å². The molecule has 1 aromatic carbocycles. The van der Waals surface area contributed by atoms with Crippen LogP contribution in [-0.2, 0) is 6.42 Å². The number of rotatable bonds is 4. The van der Waals surface area contributed by atoms with E-state index in [-0.39, 0.29) is 0 Å². The number of aryl methyl sites for hydroxylation is 1. The molecule has 1 heterocycles. The van der Waals surface area contributed by atoms with Crippen LogP contribution in [0.5, 0.6) is 0 Å². The number of nitrogens with one attached hydrogen (secondary N) is 1. The Labute approximate surface area is 99.3 Å². The van der Waals surface area contributed by atoms with E-state index in [0.717, 1.165) is 22.9 Å². The van der Waals surface area contributed by atoms with Crippen LogP contribution in [0, 0.1) is 6.92 Å². The number of anilines is 2. The van der Waals surface area contributed by atoms with E-state index in [1.165, 1.54) is 5.56 Å². The van der Waals surface area contributed by atoms with Crippen LogP contribution in [0.1, 0.15) is 11.3 Å². The van der Waals surface area contributed by atoms with Crippen LogP contribution in [0.25, 0.3) is 0 Å². The average Bonchev–Trinajstić information content (AvgIpc) is 2.67. The van der Waals surface area contributed by atoms with Gasteiger partial charge in [-0.1, -0.05) is 12.1 Å². The van der Waals surface area contributed by atoms with Gasteiger partial charge in [-0.3, -0.25) is 0 Å². The molecule has 1 aromatic heterocycles. The number of benzene rings is 1. The molecule has 2 rings (SSSR count). The Hall–Kier alpha value is -1.39. The Balaban J connectivity index is 2.05. The molecule has 0 unspecified atom stereocenters. The number of nitrogens with two attached hydrogens (primary N) is 1.